The molecule has 0 aromatic carbocycles. The molecule has 12 heavy (non-hydrogen) atoms. The van der Waals surface area contributed by atoms with Crippen molar-refractivity contribution in [1.82, 2.24) is 0 Å². The number of nitrogens with two attached hydrogens (primary N) is 1. The predicted molar refractivity (Wildman–Crippen MR) is 48.4 cm³/mol. The highest BCUT2D eigenvalue weighted by Crippen LogP contribution is 1.97. The molecule has 1 aromatic rings. The van der Waals surface area contributed by atoms with Crippen LogP contribution in [0.4, 0.5) is 0 Å². The second-order valence-corrected chi connectivity index (χ2v) is 3.18. The first-order chi connectivity index (χ1) is 5.72. The van der Waals surface area contributed by atoms with Crippen molar-refractivity contribution in [3.8, 4) is 0 Å². The van der Waals surface area contributed by atoms with E-state index in [4.69, 9.17) is 5.73 Å². The summed E-state index contributed by atoms with van der Waals surface area (Å²) < 4.78 is 1.93. The third kappa shape index (κ3) is 2.54. The second kappa shape index (κ2) is 4.11. The van der Waals surface area contributed by atoms with Crippen LogP contribution < -0.4 is 9.71 Å². The summed E-state index contributed by atoms with van der Waals surface area (Å²) in [6.07, 6.45) is 6.10. The van der Waals surface area contributed by atoms with Crippen LogP contribution in [0.5, 0.6) is 0 Å². The van der Waals surface area contributed by atoms with Crippen LogP contribution in [-0.2, 0) is 11.2 Å². The van der Waals surface area contributed by atoms with Gasteiger partial charge < -0.3 is 5.73 Å². The third-order valence-corrected chi connectivity index (χ3v) is 2.07. The summed E-state index contributed by atoms with van der Waals surface area (Å²) in [5.74, 6) is -0.297. The number of carbonyl (C=O) groups excluding carboxylic acids is 1. The van der Waals surface area contributed by atoms with Crippen molar-refractivity contribution in [3.63, 3.8) is 0 Å². The minimum Gasteiger partial charge on any atom is -0.369 e. The van der Waals surface area contributed by atoms with Crippen molar-refractivity contribution in [3.05, 3.63) is 30.1 Å². The number of amides is 1. The fourth-order valence-electron chi connectivity index (χ4n) is 0.920. The number of pyridine rings is 1. The highest BCUT2D eigenvalue weighted by molar-refractivity contribution is 7.92. The van der Waals surface area contributed by atoms with Gasteiger partial charge in [0.1, 0.15) is 0 Å². The molecule has 0 aliphatic heterocycles. The minimum atomic E-state index is -0.297. The quantitative estimate of drug-likeness (QED) is 0.677. The lowest BCUT2D eigenvalue weighted by Gasteiger charge is -1.93. The van der Waals surface area contributed by atoms with E-state index >= 15 is 0 Å². The first kappa shape index (κ1) is 9.06. The summed E-state index contributed by atoms with van der Waals surface area (Å²) in [6, 6.07) is 3.78. The summed E-state index contributed by atoms with van der Waals surface area (Å²) in [5, 5.41) is 0. The maximum atomic E-state index is 10.6. The van der Waals surface area contributed by atoms with E-state index in [1.54, 1.807) is 11.9 Å². The number of aromatic nitrogens is 1. The van der Waals surface area contributed by atoms with Crippen LogP contribution in [-0.4, -0.2) is 12.2 Å². The van der Waals surface area contributed by atoms with Crippen molar-refractivity contribution in [1.29, 1.82) is 0 Å². The van der Waals surface area contributed by atoms with Crippen molar-refractivity contribution in [2.75, 3.05) is 6.26 Å². The Morgan fingerprint density at radius 3 is 3.08 bits per heavy atom. The molecule has 0 spiro atoms. The summed E-state index contributed by atoms with van der Waals surface area (Å²) >= 11 is 1.57. The van der Waals surface area contributed by atoms with Gasteiger partial charge in [-0.3, -0.25) is 4.79 Å². The summed E-state index contributed by atoms with van der Waals surface area (Å²) in [4.78, 5) is 10.6. The average molecular weight is 183 g/mol. The van der Waals surface area contributed by atoms with Gasteiger partial charge in [-0.1, -0.05) is 0 Å². The topological polar surface area (TPSA) is 47.0 Å². The Kier molecular flexibility index (Phi) is 3.10. The van der Waals surface area contributed by atoms with Gasteiger partial charge in [0.05, 0.1) is 6.42 Å². The van der Waals surface area contributed by atoms with Gasteiger partial charge in [-0.05, 0) is 6.07 Å². The van der Waals surface area contributed by atoms with Crippen LogP contribution in [0.25, 0.3) is 0 Å². The molecule has 0 aliphatic carbocycles. The molecule has 3 nitrogen and oxygen atoms in total. The van der Waals surface area contributed by atoms with E-state index in [1.807, 2.05) is 34.8 Å². The van der Waals surface area contributed by atoms with Gasteiger partial charge in [0.2, 0.25) is 5.91 Å². The van der Waals surface area contributed by atoms with Crippen molar-refractivity contribution in [2.24, 2.45) is 5.73 Å². The molecule has 0 radical (unpaired) electrons. The number of rotatable bonds is 3. The summed E-state index contributed by atoms with van der Waals surface area (Å²) in [7, 11) is 0. The highest BCUT2D eigenvalue weighted by Gasteiger charge is 2.03. The van der Waals surface area contributed by atoms with Gasteiger partial charge in [0.25, 0.3) is 0 Å². The van der Waals surface area contributed by atoms with E-state index in [0.717, 1.165) is 5.56 Å². The first-order valence-electron chi connectivity index (χ1n) is 3.55. The van der Waals surface area contributed by atoms with E-state index in [2.05, 4.69) is 0 Å². The molecule has 1 aromatic heterocycles. The zero-order valence-electron chi connectivity index (χ0n) is 6.86. The Bertz CT molecular complexity index is 288. The van der Waals surface area contributed by atoms with E-state index < -0.39 is 0 Å². The third-order valence-electron chi connectivity index (χ3n) is 1.43. The Balaban J connectivity index is 2.79. The second-order valence-electron chi connectivity index (χ2n) is 2.40. The number of primary amides is 1. The Morgan fingerprint density at radius 2 is 2.50 bits per heavy atom. The zero-order valence-corrected chi connectivity index (χ0v) is 7.67. The van der Waals surface area contributed by atoms with Crippen LogP contribution >= 0.6 is 11.9 Å². The molecule has 0 saturated carbocycles. The maximum Gasteiger partial charge on any atom is 0.222 e. The lowest BCUT2D eigenvalue weighted by Crippen LogP contribution is -2.25. The van der Waals surface area contributed by atoms with Gasteiger partial charge in [0.15, 0.2) is 24.3 Å². The van der Waals surface area contributed by atoms with Crippen LogP contribution in [0.2, 0.25) is 0 Å². The molecule has 2 N–H and O–H groups in total. The van der Waals surface area contributed by atoms with Gasteiger partial charge in [0, 0.05) is 17.9 Å². The fraction of sp³-hybridized carbons (Fsp3) is 0.250. The molecule has 0 unspecified atom stereocenters. The fourth-order valence-corrected chi connectivity index (χ4v) is 1.35. The lowest BCUT2D eigenvalue weighted by molar-refractivity contribution is -0.494. The SMILES string of the molecule is CS[n+]1cccc(CC(N)=O)c1. The predicted octanol–water partition coefficient (Wildman–Crippen LogP) is 0.128. The number of carbonyl (C=O) groups is 1. The van der Waals surface area contributed by atoms with Crippen molar-refractivity contribution >= 4 is 17.9 Å². The van der Waals surface area contributed by atoms with Gasteiger partial charge in [-0.25, -0.2) is 0 Å². The van der Waals surface area contributed by atoms with Crippen LogP contribution in [0.1, 0.15) is 5.56 Å². The molecule has 1 rings (SSSR count). The molecule has 1 heterocycles. The number of hydrogen-bond donors (Lipinski definition) is 1. The van der Waals surface area contributed by atoms with Crippen LogP contribution in [0.15, 0.2) is 24.5 Å². The first-order valence-corrected chi connectivity index (χ1v) is 4.73. The Labute approximate surface area is 75.7 Å². The molecule has 4 heteroatoms. The number of hydrogen-bond acceptors (Lipinski definition) is 2. The van der Waals surface area contributed by atoms with Crippen molar-refractivity contribution < 1.29 is 8.77 Å². The molecule has 0 saturated heterocycles. The zero-order chi connectivity index (χ0) is 8.97. The van der Waals surface area contributed by atoms with E-state index in [0.29, 0.717) is 6.42 Å². The van der Waals surface area contributed by atoms with E-state index in [9.17, 15) is 4.79 Å². The van der Waals surface area contributed by atoms with E-state index in [1.165, 1.54) is 0 Å². The number of nitrogens with zero attached hydrogens (tertiary/aromatic N) is 1. The van der Waals surface area contributed by atoms with Gasteiger partial charge >= 0.3 is 0 Å². The summed E-state index contributed by atoms with van der Waals surface area (Å²) in [6.45, 7) is 0. The monoisotopic (exact) mass is 183 g/mol. The van der Waals surface area contributed by atoms with Crippen molar-refractivity contribution in [2.45, 2.75) is 6.42 Å². The Morgan fingerprint density at radius 1 is 1.75 bits per heavy atom. The largest absolute Gasteiger partial charge is 0.369 e. The molecule has 0 atom stereocenters. The molecule has 0 aliphatic rings. The van der Waals surface area contributed by atoms with Crippen LogP contribution in [0.3, 0.4) is 0 Å². The molecular formula is C8H11N2OS+. The lowest BCUT2D eigenvalue weighted by atomic mass is 10.2. The Hall–Kier alpha value is -1.03. The summed E-state index contributed by atoms with van der Waals surface area (Å²) in [5.41, 5.74) is 6.00. The van der Waals surface area contributed by atoms with E-state index in [-0.39, 0.29) is 5.91 Å². The molecule has 0 bridgehead atoms. The maximum absolute atomic E-state index is 10.6. The smallest absolute Gasteiger partial charge is 0.222 e. The molecule has 0 fully saturated rings. The average Bonchev–Trinajstić information content (AvgIpc) is 2.03. The molecule has 1 amide bonds. The van der Waals surface area contributed by atoms with Gasteiger partial charge in [-0.2, -0.15) is 0 Å². The van der Waals surface area contributed by atoms with Gasteiger partial charge in [-0.15, -0.1) is 3.97 Å². The molecular weight excluding hydrogens is 172 g/mol. The highest BCUT2D eigenvalue weighted by atomic mass is 32.2. The normalized spacial score (nSPS) is 9.75. The standard InChI is InChI=1S/C8H10N2OS/c1-12-10-4-2-3-7(6-10)5-8(9)11/h2-4,6H,5H2,1H3,(H-,9,11)/p+1. The molecule has 64 valence electrons. The van der Waals surface area contributed by atoms with Crippen LogP contribution in [0, 0.1) is 0 Å². The minimum absolute atomic E-state index is 0.297.